The third-order valence-corrected chi connectivity index (χ3v) is 6.53. The molecular weight excluding hydrogens is 330 g/mol. The summed E-state index contributed by atoms with van der Waals surface area (Å²) in [6.45, 7) is 1.64. The van der Waals surface area contributed by atoms with Crippen molar-refractivity contribution in [2.75, 3.05) is 12.4 Å². The van der Waals surface area contributed by atoms with Crippen molar-refractivity contribution in [3.8, 4) is 0 Å². The highest BCUT2D eigenvalue weighted by atomic mass is 32.2. The minimum absolute atomic E-state index is 0.0404. The minimum atomic E-state index is -3.87. The fourth-order valence-electron chi connectivity index (χ4n) is 2.16. The number of anilines is 1. The maximum Gasteiger partial charge on any atom is 0.254 e. The standard InChI is InChI=1S/C12H11N3O5S2/c1-6-5-8(14-20-6)13-11(17)9-10(16)7-3-4-21-12(7)22(18,19)15(9)2/h3-5,9H,1-2H3,(H,13,14,17). The van der Waals surface area contributed by atoms with Crippen molar-refractivity contribution < 1.29 is 22.5 Å². The molecule has 10 heteroatoms. The second-order valence-corrected chi connectivity index (χ2v) is 7.83. The molecule has 2 aromatic rings. The number of rotatable bonds is 2. The topological polar surface area (TPSA) is 110 Å². The highest BCUT2D eigenvalue weighted by Crippen LogP contribution is 2.33. The summed E-state index contributed by atoms with van der Waals surface area (Å²) < 4.78 is 30.2. The molecule has 3 heterocycles. The highest BCUT2D eigenvalue weighted by Gasteiger charge is 2.46. The molecule has 0 saturated carbocycles. The largest absolute Gasteiger partial charge is 0.360 e. The Kier molecular flexibility index (Phi) is 3.38. The molecule has 116 valence electrons. The van der Waals surface area contributed by atoms with Crippen LogP contribution < -0.4 is 5.32 Å². The Hall–Kier alpha value is -2.04. The minimum Gasteiger partial charge on any atom is -0.360 e. The summed E-state index contributed by atoms with van der Waals surface area (Å²) in [5, 5.41) is 7.48. The predicted molar refractivity (Wildman–Crippen MR) is 77.3 cm³/mol. The van der Waals surface area contributed by atoms with E-state index in [0.29, 0.717) is 5.76 Å². The molecule has 1 atom stereocenters. The SMILES string of the molecule is Cc1cc(NC(=O)C2C(=O)c3ccsc3S(=O)(=O)N2C)no1. The molecule has 1 aliphatic heterocycles. The van der Waals surface area contributed by atoms with Crippen LogP contribution in [-0.4, -0.2) is 42.7 Å². The molecule has 0 radical (unpaired) electrons. The zero-order valence-electron chi connectivity index (χ0n) is 11.6. The Labute approximate surface area is 129 Å². The summed E-state index contributed by atoms with van der Waals surface area (Å²) in [6, 6.07) is 1.41. The summed E-state index contributed by atoms with van der Waals surface area (Å²) in [4.78, 5) is 24.7. The molecule has 1 amide bonds. The maximum atomic E-state index is 12.4. The molecule has 0 aromatic carbocycles. The molecule has 1 aliphatic rings. The van der Waals surface area contributed by atoms with E-state index in [9.17, 15) is 18.0 Å². The number of nitrogens with zero attached hydrogens (tertiary/aromatic N) is 2. The number of hydrogen-bond donors (Lipinski definition) is 1. The van der Waals surface area contributed by atoms with Gasteiger partial charge in [-0.1, -0.05) is 5.16 Å². The van der Waals surface area contributed by atoms with Crippen LogP contribution >= 0.6 is 11.3 Å². The van der Waals surface area contributed by atoms with Gasteiger partial charge in [0.2, 0.25) is 0 Å². The van der Waals surface area contributed by atoms with Crippen molar-refractivity contribution in [1.82, 2.24) is 9.46 Å². The fraction of sp³-hybridized carbons (Fsp3) is 0.250. The molecule has 0 fully saturated rings. The lowest BCUT2D eigenvalue weighted by atomic mass is 10.1. The molecule has 0 aliphatic carbocycles. The molecule has 2 aromatic heterocycles. The zero-order valence-corrected chi connectivity index (χ0v) is 13.2. The number of aromatic nitrogens is 1. The summed E-state index contributed by atoms with van der Waals surface area (Å²) in [6.07, 6.45) is 0. The number of Topliss-reactive ketones (excluding diaryl/α,β-unsaturated/α-hetero) is 1. The number of amides is 1. The fourth-order valence-corrected chi connectivity index (χ4v) is 4.97. The summed E-state index contributed by atoms with van der Waals surface area (Å²) in [5.74, 6) is -0.740. The van der Waals surface area contributed by atoms with E-state index in [1.165, 1.54) is 24.6 Å². The van der Waals surface area contributed by atoms with Gasteiger partial charge < -0.3 is 9.84 Å². The van der Waals surface area contributed by atoms with Gasteiger partial charge >= 0.3 is 0 Å². The van der Waals surface area contributed by atoms with Crippen LogP contribution in [0.3, 0.4) is 0 Å². The molecular formula is C12H11N3O5S2. The van der Waals surface area contributed by atoms with E-state index in [1.54, 1.807) is 6.92 Å². The number of carbonyl (C=O) groups excluding carboxylic acids is 2. The van der Waals surface area contributed by atoms with Crippen LogP contribution in [0.25, 0.3) is 0 Å². The summed E-state index contributed by atoms with van der Waals surface area (Å²) >= 11 is 0.951. The lowest BCUT2D eigenvalue weighted by Crippen LogP contribution is -2.52. The summed E-state index contributed by atoms with van der Waals surface area (Å²) in [5.41, 5.74) is 0.0413. The number of hydrogen-bond acceptors (Lipinski definition) is 7. The van der Waals surface area contributed by atoms with Crippen LogP contribution in [0.15, 0.2) is 26.2 Å². The van der Waals surface area contributed by atoms with Crippen LogP contribution in [0.1, 0.15) is 16.1 Å². The smallest absolute Gasteiger partial charge is 0.254 e. The van der Waals surface area contributed by atoms with Crippen LogP contribution in [0, 0.1) is 6.92 Å². The number of nitrogens with one attached hydrogen (secondary N) is 1. The van der Waals surface area contributed by atoms with Crippen molar-refractivity contribution in [2.24, 2.45) is 0 Å². The van der Waals surface area contributed by atoms with E-state index >= 15 is 0 Å². The third kappa shape index (κ3) is 2.16. The average Bonchev–Trinajstić information content (AvgIpc) is 3.06. The highest BCUT2D eigenvalue weighted by molar-refractivity contribution is 7.91. The van der Waals surface area contributed by atoms with Gasteiger partial charge in [-0.2, -0.15) is 4.31 Å². The number of aryl methyl sites for hydroxylation is 1. The van der Waals surface area contributed by atoms with E-state index in [1.807, 2.05) is 0 Å². The number of ketones is 1. The quantitative estimate of drug-likeness (QED) is 0.812. The second kappa shape index (κ2) is 5.00. The molecule has 3 rings (SSSR count). The van der Waals surface area contributed by atoms with Crippen molar-refractivity contribution in [2.45, 2.75) is 17.2 Å². The number of likely N-dealkylation sites (N-methyl/N-ethyl adjacent to an activating group) is 1. The van der Waals surface area contributed by atoms with E-state index in [-0.39, 0.29) is 15.6 Å². The Morgan fingerprint density at radius 2 is 2.23 bits per heavy atom. The van der Waals surface area contributed by atoms with Gasteiger partial charge in [0.05, 0.1) is 5.56 Å². The molecule has 0 spiro atoms. The van der Waals surface area contributed by atoms with Gasteiger partial charge in [-0.05, 0) is 18.4 Å². The average molecular weight is 341 g/mol. The van der Waals surface area contributed by atoms with Gasteiger partial charge in [0.15, 0.2) is 17.6 Å². The predicted octanol–water partition coefficient (Wildman–Crippen LogP) is 0.869. The Morgan fingerprint density at radius 3 is 2.86 bits per heavy atom. The van der Waals surface area contributed by atoms with Gasteiger partial charge in [0.1, 0.15) is 9.97 Å². The monoisotopic (exact) mass is 341 g/mol. The third-order valence-electron chi connectivity index (χ3n) is 3.25. The van der Waals surface area contributed by atoms with Gasteiger partial charge in [-0.15, -0.1) is 11.3 Å². The van der Waals surface area contributed by atoms with E-state index in [2.05, 4.69) is 10.5 Å². The molecule has 0 saturated heterocycles. The molecule has 1 N–H and O–H groups in total. The maximum absolute atomic E-state index is 12.4. The van der Waals surface area contributed by atoms with Crippen molar-refractivity contribution in [3.05, 3.63) is 28.8 Å². The molecule has 8 nitrogen and oxygen atoms in total. The number of carbonyl (C=O) groups is 2. The van der Waals surface area contributed by atoms with E-state index in [4.69, 9.17) is 4.52 Å². The Bertz CT molecular complexity index is 867. The van der Waals surface area contributed by atoms with Crippen LogP contribution in [0.2, 0.25) is 0 Å². The van der Waals surface area contributed by atoms with E-state index < -0.39 is 27.8 Å². The Balaban J connectivity index is 1.97. The van der Waals surface area contributed by atoms with Crippen LogP contribution in [0.4, 0.5) is 5.82 Å². The van der Waals surface area contributed by atoms with Gasteiger partial charge in [0, 0.05) is 13.1 Å². The van der Waals surface area contributed by atoms with Crippen molar-refractivity contribution in [3.63, 3.8) is 0 Å². The van der Waals surface area contributed by atoms with Gasteiger partial charge in [-0.25, -0.2) is 8.42 Å². The first-order valence-corrected chi connectivity index (χ1v) is 8.48. The Morgan fingerprint density at radius 1 is 1.50 bits per heavy atom. The van der Waals surface area contributed by atoms with Crippen LogP contribution in [0.5, 0.6) is 0 Å². The first-order valence-electron chi connectivity index (χ1n) is 6.16. The number of sulfonamides is 1. The van der Waals surface area contributed by atoms with Crippen LogP contribution in [-0.2, 0) is 14.8 Å². The first-order chi connectivity index (χ1) is 10.3. The van der Waals surface area contributed by atoms with Crippen molar-refractivity contribution in [1.29, 1.82) is 0 Å². The molecule has 22 heavy (non-hydrogen) atoms. The first kappa shape index (κ1) is 14.9. The normalized spacial score (nSPS) is 20.6. The zero-order chi connectivity index (χ0) is 16.1. The molecule has 0 bridgehead atoms. The lowest BCUT2D eigenvalue weighted by Gasteiger charge is -2.28. The number of fused-ring (bicyclic) bond motifs is 1. The van der Waals surface area contributed by atoms with Crippen molar-refractivity contribution >= 4 is 38.9 Å². The summed E-state index contributed by atoms with van der Waals surface area (Å²) in [7, 11) is -2.66. The number of thiophene rings is 1. The second-order valence-electron chi connectivity index (χ2n) is 4.72. The van der Waals surface area contributed by atoms with Gasteiger partial charge in [0.25, 0.3) is 15.9 Å². The van der Waals surface area contributed by atoms with Gasteiger partial charge in [-0.3, -0.25) is 9.59 Å². The van der Waals surface area contributed by atoms with E-state index in [0.717, 1.165) is 15.6 Å². The lowest BCUT2D eigenvalue weighted by molar-refractivity contribution is -0.118. The molecule has 1 unspecified atom stereocenters.